The van der Waals surface area contributed by atoms with E-state index < -0.39 is 0 Å². The van der Waals surface area contributed by atoms with E-state index in [9.17, 15) is 4.79 Å². The van der Waals surface area contributed by atoms with E-state index in [1.165, 1.54) is 38.5 Å². The zero-order valence-corrected chi connectivity index (χ0v) is 11.2. The van der Waals surface area contributed by atoms with Crippen molar-refractivity contribution >= 4 is 5.91 Å². The van der Waals surface area contributed by atoms with Crippen molar-refractivity contribution in [3.05, 3.63) is 0 Å². The zero-order chi connectivity index (χ0) is 12.6. The Morgan fingerprint density at radius 3 is 2.44 bits per heavy atom. The molecule has 1 aliphatic carbocycles. The van der Waals surface area contributed by atoms with Gasteiger partial charge in [-0.05, 0) is 25.7 Å². The van der Waals surface area contributed by atoms with Crippen LogP contribution in [0, 0.1) is 0 Å². The van der Waals surface area contributed by atoms with E-state index in [1.807, 2.05) is 0 Å². The van der Waals surface area contributed by atoms with E-state index in [4.69, 9.17) is 4.74 Å². The van der Waals surface area contributed by atoms with Gasteiger partial charge in [-0.15, -0.1) is 0 Å². The molecule has 1 aliphatic heterocycles. The van der Waals surface area contributed by atoms with Crippen molar-refractivity contribution < 1.29 is 9.53 Å². The number of carbonyl (C=O) groups excluding carboxylic acids is 1. The first-order valence-electron chi connectivity index (χ1n) is 7.49. The van der Waals surface area contributed by atoms with E-state index in [-0.39, 0.29) is 12.0 Å². The summed E-state index contributed by atoms with van der Waals surface area (Å²) in [5.41, 5.74) is 0. The van der Waals surface area contributed by atoms with Crippen molar-refractivity contribution in [1.82, 2.24) is 10.6 Å². The fourth-order valence-electron chi connectivity index (χ4n) is 2.84. The molecular weight excluding hydrogens is 228 g/mol. The van der Waals surface area contributed by atoms with Gasteiger partial charge in [0.2, 0.25) is 5.91 Å². The molecule has 1 heterocycles. The third kappa shape index (κ3) is 4.58. The summed E-state index contributed by atoms with van der Waals surface area (Å²) in [5, 5.41) is 6.51. The average Bonchev–Trinajstić information content (AvgIpc) is 2.80. The summed E-state index contributed by atoms with van der Waals surface area (Å²) in [7, 11) is 0. The molecule has 2 aliphatic rings. The van der Waals surface area contributed by atoms with Gasteiger partial charge in [-0.1, -0.05) is 25.7 Å². The van der Waals surface area contributed by atoms with Gasteiger partial charge in [-0.2, -0.15) is 0 Å². The quantitative estimate of drug-likeness (QED) is 0.579. The molecule has 18 heavy (non-hydrogen) atoms. The number of nitrogens with one attached hydrogen (secondary N) is 2. The minimum absolute atomic E-state index is 0.0650. The van der Waals surface area contributed by atoms with Crippen LogP contribution in [0.3, 0.4) is 0 Å². The van der Waals surface area contributed by atoms with Gasteiger partial charge in [-0.3, -0.25) is 4.79 Å². The van der Waals surface area contributed by atoms with E-state index in [1.54, 1.807) is 0 Å². The number of rotatable bonds is 5. The molecule has 104 valence electrons. The Hall–Kier alpha value is -0.610. The Morgan fingerprint density at radius 2 is 1.78 bits per heavy atom. The second kappa shape index (κ2) is 7.74. The molecule has 1 saturated heterocycles. The predicted molar refractivity (Wildman–Crippen MR) is 71.5 cm³/mol. The van der Waals surface area contributed by atoms with Crippen LogP contribution in [0.2, 0.25) is 0 Å². The van der Waals surface area contributed by atoms with E-state index in [0.29, 0.717) is 6.04 Å². The van der Waals surface area contributed by atoms with Crippen LogP contribution >= 0.6 is 0 Å². The van der Waals surface area contributed by atoms with E-state index >= 15 is 0 Å². The minimum Gasteiger partial charge on any atom is -0.368 e. The molecule has 0 unspecified atom stereocenters. The van der Waals surface area contributed by atoms with Gasteiger partial charge in [-0.25, -0.2) is 0 Å². The van der Waals surface area contributed by atoms with Gasteiger partial charge in [0.05, 0.1) is 0 Å². The SMILES string of the molecule is O=C(NCCNC1CCCCCC1)[C@H]1CCCO1. The second-order valence-corrected chi connectivity index (χ2v) is 5.44. The smallest absolute Gasteiger partial charge is 0.249 e. The van der Waals surface area contributed by atoms with Crippen molar-refractivity contribution in [3.63, 3.8) is 0 Å². The normalized spacial score (nSPS) is 25.9. The lowest BCUT2D eigenvalue weighted by Crippen LogP contribution is -2.40. The molecule has 1 atom stereocenters. The standard InChI is InChI=1S/C14H26N2O2/c17-14(13-8-5-11-18-13)16-10-9-15-12-6-3-1-2-4-7-12/h12-13,15H,1-11H2,(H,16,17)/t13-/m1/s1. The van der Waals surface area contributed by atoms with E-state index in [0.717, 1.165) is 32.5 Å². The summed E-state index contributed by atoms with van der Waals surface area (Å²) in [6.45, 7) is 2.33. The Bertz CT molecular complexity index is 244. The van der Waals surface area contributed by atoms with Crippen molar-refractivity contribution in [1.29, 1.82) is 0 Å². The molecule has 4 heteroatoms. The summed E-state index contributed by atoms with van der Waals surface area (Å²) in [6, 6.07) is 0.659. The largest absolute Gasteiger partial charge is 0.368 e. The van der Waals surface area contributed by atoms with Crippen LogP contribution in [0.4, 0.5) is 0 Å². The lowest BCUT2D eigenvalue weighted by atomic mass is 10.1. The van der Waals surface area contributed by atoms with Crippen molar-refractivity contribution in [2.75, 3.05) is 19.7 Å². The first-order valence-corrected chi connectivity index (χ1v) is 7.49. The van der Waals surface area contributed by atoms with Crippen molar-refractivity contribution in [3.8, 4) is 0 Å². The van der Waals surface area contributed by atoms with Crippen LogP contribution < -0.4 is 10.6 Å². The summed E-state index contributed by atoms with van der Waals surface area (Å²) < 4.78 is 5.35. The number of carbonyl (C=O) groups is 1. The summed E-state index contributed by atoms with van der Waals surface area (Å²) in [5.74, 6) is 0.0650. The number of ether oxygens (including phenoxy) is 1. The molecular formula is C14H26N2O2. The molecule has 0 spiro atoms. The van der Waals surface area contributed by atoms with Gasteiger partial charge >= 0.3 is 0 Å². The maximum absolute atomic E-state index is 11.7. The molecule has 2 rings (SSSR count). The van der Waals surface area contributed by atoms with Gasteiger partial charge in [0, 0.05) is 25.7 Å². The maximum atomic E-state index is 11.7. The highest BCUT2D eigenvalue weighted by molar-refractivity contribution is 5.80. The second-order valence-electron chi connectivity index (χ2n) is 5.44. The highest BCUT2D eigenvalue weighted by Gasteiger charge is 2.22. The third-order valence-corrected chi connectivity index (χ3v) is 3.93. The Kier molecular flexibility index (Phi) is 5.94. The molecule has 4 nitrogen and oxygen atoms in total. The summed E-state index contributed by atoms with van der Waals surface area (Å²) >= 11 is 0. The minimum atomic E-state index is -0.192. The highest BCUT2D eigenvalue weighted by atomic mass is 16.5. The van der Waals surface area contributed by atoms with Gasteiger partial charge < -0.3 is 15.4 Å². The molecule has 2 fully saturated rings. The fraction of sp³-hybridized carbons (Fsp3) is 0.929. The molecule has 1 saturated carbocycles. The van der Waals surface area contributed by atoms with Crippen LogP contribution in [0.1, 0.15) is 51.4 Å². The molecule has 0 radical (unpaired) electrons. The highest BCUT2D eigenvalue weighted by Crippen LogP contribution is 2.16. The maximum Gasteiger partial charge on any atom is 0.249 e. The number of hydrogen-bond donors (Lipinski definition) is 2. The van der Waals surface area contributed by atoms with Crippen LogP contribution in [-0.2, 0) is 9.53 Å². The summed E-state index contributed by atoms with van der Waals surface area (Å²) in [6.07, 6.45) is 9.74. The van der Waals surface area contributed by atoms with Crippen LogP contribution in [0.25, 0.3) is 0 Å². The molecule has 0 aromatic heterocycles. The first-order chi connectivity index (χ1) is 8.86. The number of hydrogen-bond acceptors (Lipinski definition) is 3. The van der Waals surface area contributed by atoms with Crippen LogP contribution in [-0.4, -0.2) is 37.7 Å². The molecule has 0 aromatic carbocycles. The molecule has 1 amide bonds. The topological polar surface area (TPSA) is 50.4 Å². The molecule has 2 N–H and O–H groups in total. The lowest BCUT2D eigenvalue weighted by molar-refractivity contribution is -0.129. The molecule has 0 bridgehead atoms. The van der Waals surface area contributed by atoms with Gasteiger partial charge in [0.15, 0.2) is 0 Å². The van der Waals surface area contributed by atoms with E-state index in [2.05, 4.69) is 10.6 Å². The van der Waals surface area contributed by atoms with Crippen LogP contribution in [0.15, 0.2) is 0 Å². The lowest BCUT2D eigenvalue weighted by Gasteiger charge is -2.17. The Morgan fingerprint density at radius 1 is 1.00 bits per heavy atom. The predicted octanol–water partition coefficient (Wildman–Crippen LogP) is 1.59. The Balaban J connectivity index is 1.53. The third-order valence-electron chi connectivity index (χ3n) is 3.93. The molecule has 0 aromatic rings. The first kappa shape index (κ1) is 13.8. The van der Waals surface area contributed by atoms with Crippen molar-refractivity contribution in [2.24, 2.45) is 0 Å². The van der Waals surface area contributed by atoms with Gasteiger partial charge in [0.1, 0.15) is 6.10 Å². The van der Waals surface area contributed by atoms with Crippen molar-refractivity contribution in [2.45, 2.75) is 63.5 Å². The van der Waals surface area contributed by atoms with Gasteiger partial charge in [0.25, 0.3) is 0 Å². The fourth-order valence-corrected chi connectivity index (χ4v) is 2.84. The zero-order valence-electron chi connectivity index (χ0n) is 11.2. The summed E-state index contributed by atoms with van der Waals surface area (Å²) in [4.78, 5) is 11.7. The number of amides is 1. The monoisotopic (exact) mass is 254 g/mol. The average molecular weight is 254 g/mol. The van der Waals surface area contributed by atoms with Crippen LogP contribution in [0.5, 0.6) is 0 Å². The Labute approximate surface area is 110 Å².